The molecule has 0 saturated heterocycles. The monoisotopic (exact) mass is 289 g/mol. The zero-order chi connectivity index (χ0) is 15.6. The SMILES string of the molecule is Cc1cc(C)n([C@@H](C)CC(=O)Nc2ccc(F)cc2C)n1. The van der Waals surface area contributed by atoms with Crippen molar-refractivity contribution in [3.8, 4) is 0 Å². The first-order valence-corrected chi connectivity index (χ1v) is 6.95. The van der Waals surface area contributed by atoms with Crippen LogP contribution in [0.5, 0.6) is 0 Å². The normalized spacial score (nSPS) is 12.2. The Morgan fingerprint density at radius 2 is 2.05 bits per heavy atom. The second-order valence-corrected chi connectivity index (χ2v) is 5.43. The molecule has 0 radical (unpaired) electrons. The van der Waals surface area contributed by atoms with Gasteiger partial charge in [-0.2, -0.15) is 5.10 Å². The highest BCUT2D eigenvalue weighted by Crippen LogP contribution is 2.18. The third kappa shape index (κ3) is 3.68. The van der Waals surface area contributed by atoms with Crippen molar-refractivity contribution < 1.29 is 9.18 Å². The molecule has 0 aliphatic carbocycles. The van der Waals surface area contributed by atoms with Crippen LogP contribution >= 0.6 is 0 Å². The number of carbonyl (C=O) groups excluding carboxylic acids is 1. The number of anilines is 1. The molecular formula is C16H20FN3O. The molecule has 21 heavy (non-hydrogen) atoms. The number of hydrogen-bond donors (Lipinski definition) is 1. The Morgan fingerprint density at radius 1 is 1.33 bits per heavy atom. The topological polar surface area (TPSA) is 46.9 Å². The van der Waals surface area contributed by atoms with E-state index in [1.165, 1.54) is 12.1 Å². The van der Waals surface area contributed by atoms with E-state index in [1.807, 2.05) is 31.5 Å². The molecule has 1 heterocycles. The Labute approximate surface area is 124 Å². The third-order valence-corrected chi connectivity index (χ3v) is 3.41. The second-order valence-electron chi connectivity index (χ2n) is 5.43. The van der Waals surface area contributed by atoms with Gasteiger partial charge in [0.1, 0.15) is 5.82 Å². The van der Waals surface area contributed by atoms with Gasteiger partial charge in [-0.05, 0) is 57.5 Å². The van der Waals surface area contributed by atoms with E-state index in [0.29, 0.717) is 17.7 Å². The summed E-state index contributed by atoms with van der Waals surface area (Å²) in [5.74, 6) is -0.411. The fraction of sp³-hybridized carbons (Fsp3) is 0.375. The van der Waals surface area contributed by atoms with Crippen LogP contribution in [0.2, 0.25) is 0 Å². The number of amides is 1. The summed E-state index contributed by atoms with van der Waals surface area (Å²) in [6, 6.07) is 6.28. The molecule has 0 bridgehead atoms. The van der Waals surface area contributed by atoms with Crippen LogP contribution in [-0.2, 0) is 4.79 Å². The molecule has 0 saturated carbocycles. The Kier molecular flexibility index (Phi) is 4.40. The quantitative estimate of drug-likeness (QED) is 0.935. The maximum absolute atomic E-state index is 13.0. The first-order chi connectivity index (χ1) is 9.86. The Morgan fingerprint density at radius 3 is 2.62 bits per heavy atom. The molecule has 2 aromatic rings. The van der Waals surface area contributed by atoms with Gasteiger partial charge in [0.15, 0.2) is 0 Å². The van der Waals surface area contributed by atoms with Crippen LogP contribution in [0.15, 0.2) is 24.3 Å². The minimum Gasteiger partial charge on any atom is -0.326 e. The van der Waals surface area contributed by atoms with Gasteiger partial charge in [-0.25, -0.2) is 4.39 Å². The molecule has 2 rings (SSSR count). The lowest BCUT2D eigenvalue weighted by atomic mass is 10.1. The van der Waals surface area contributed by atoms with E-state index in [-0.39, 0.29) is 17.8 Å². The van der Waals surface area contributed by atoms with E-state index in [0.717, 1.165) is 11.4 Å². The van der Waals surface area contributed by atoms with E-state index >= 15 is 0 Å². The summed E-state index contributed by atoms with van der Waals surface area (Å²) in [6.07, 6.45) is 0.318. The number of nitrogens with one attached hydrogen (secondary N) is 1. The van der Waals surface area contributed by atoms with E-state index < -0.39 is 0 Å². The molecule has 0 aliphatic rings. The predicted octanol–water partition coefficient (Wildman–Crippen LogP) is 3.54. The minimum absolute atomic E-state index is 0.0283. The number of aromatic nitrogens is 2. The zero-order valence-corrected chi connectivity index (χ0v) is 12.8. The molecule has 4 nitrogen and oxygen atoms in total. The maximum atomic E-state index is 13.0. The highest BCUT2D eigenvalue weighted by atomic mass is 19.1. The molecule has 1 aromatic heterocycles. The summed E-state index contributed by atoms with van der Waals surface area (Å²) in [5.41, 5.74) is 3.32. The van der Waals surface area contributed by atoms with Crippen LogP contribution < -0.4 is 5.32 Å². The lowest BCUT2D eigenvalue weighted by Gasteiger charge is -2.15. The number of benzene rings is 1. The second kappa shape index (κ2) is 6.08. The van der Waals surface area contributed by atoms with Gasteiger partial charge in [0.05, 0.1) is 11.7 Å². The molecule has 1 amide bonds. The highest BCUT2D eigenvalue weighted by molar-refractivity contribution is 5.91. The number of halogens is 1. The van der Waals surface area contributed by atoms with Crippen molar-refractivity contribution in [2.45, 2.75) is 40.2 Å². The Balaban J connectivity index is 2.03. The van der Waals surface area contributed by atoms with Gasteiger partial charge < -0.3 is 5.32 Å². The molecule has 0 aliphatic heterocycles. The molecular weight excluding hydrogens is 269 g/mol. The van der Waals surface area contributed by atoms with Crippen molar-refractivity contribution in [1.82, 2.24) is 9.78 Å². The maximum Gasteiger partial charge on any atom is 0.226 e. The van der Waals surface area contributed by atoms with E-state index in [1.54, 1.807) is 13.0 Å². The van der Waals surface area contributed by atoms with Crippen molar-refractivity contribution >= 4 is 11.6 Å². The summed E-state index contributed by atoms with van der Waals surface area (Å²) in [7, 11) is 0. The zero-order valence-electron chi connectivity index (χ0n) is 12.8. The van der Waals surface area contributed by atoms with Crippen LogP contribution in [0.4, 0.5) is 10.1 Å². The van der Waals surface area contributed by atoms with Crippen molar-refractivity contribution in [2.75, 3.05) is 5.32 Å². The van der Waals surface area contributed by atoms with Gasteiger partial charge in [0.25, 0.3) is 0 Å². The van der Waals surface area contributed by atoms with Crippen LogP contribution in [0.3, 0.4) is 0 Å². The highest BCUT2D eigenvalue weighted by Gasteiger charge is 2.14. The van der Waals surface area contributed by atoms with Crippen LogP contribution in [0, 0.1) is 26.6 Å². The molecule has 1 atom stereocenters. The first kappa shape index (κ1) is 15.2. The molecule has 0 spiro atoms. The first-order valence-electron chi connectivity index (χ1n) is 6.95. The molecule has 0 fully saturated rings. The van der Waals surface area contributed by atoms with Crippen LogP contribution in [0.25, 0.3) is 0 Å². The predicted molar refractivity (Wildman–Crippen MR) is 80.8 cm³/mol. The van der Waals surface area contributed by atoms with Gasteiger partial charge in [-0.15, -0.1) is 0 Å². The lowest BCUT2D eigenvalue weighted by molar-refractivity contribution is -0.116. The third-order valence-electron chi connectivity index (χ3n) is 3.41. The summed E-state index contributed by atoms with van der Waals surface area (Å²) in [5, 5.41) is 7.20. The molecule has 1 N–H and O–H groups in total. The summed E-state index contributed by atoms with van der Waals surface area (Å²) < 4.78 is 14.9. The molecule has 0 unspecified atom stereocenters. The van der Waals surface area contributed by atoms with Gasteiger partial charge in [-0.3, -0.25) is 9.48 Å². The van der Waals surface area contributed by atoms with Crippen molar-refractivity contribution in [3.63, 3.8) is 0 Å². The van der Waals surface area contributed by atoms with E-state index in [2.05, 4.69) is 10.4 Å². The molecule has 5 heteroatoms. The lowest BCUT2D eigenvalue weighted by Crippen LogP contribution is -2.19. The largest absolute Gasteiger partial charge is 0.326 e. The van der Waals surface area contributed by atoms with Gasteiger partial charge >= 0.3 is 0 Å². The van der Waals surface area contributed by atoms with Gasteiger partial charge in [0, 0.05) is 17.8 Å². The summed E-state index contributed by atoms with van der Waals surface area (Å²) in [4.78, 5) is 12.1. The van der Waals surface area contributed by atoms with Crippen LogP contribution in [0.1, 0.15) is 36.3 Å². The van der Waals surface area contributed by atoms with Crippen molar-refractivity contribution in [1.29, 1.82) is 0 Å². The van der Waals surface area contributed by atoms with Crippen LogP contribution in [-0.4, -0.2) is 15.7 Å². The Bertz CT molecular complexity index is 664. The summed E-state index contributed by atoms with van der Waals surface area (Å²) >= 11 is 0. The minimum atomic E-state index is -0.304. The van der Waals surface area contributed by atoms with Crippen molar-refractivity contribution in [2.24, 2.45) is 0 Å². The average molecular weight is 289 g/mol. The standard InChI is InChI=1S/C16H20FN3O/c1-10-7-14(17)5-6-15(10)18-16(21)9-13(4)20-12(3)8-11(2)19-20/h5-8,13H,9H2,1-4H3,(H,18,21)/t13-/m0/s1. The van der Waals surface area contributed by atoms with E-state index in [9.17, 15) is 9.18 Å². The van der Waals surface area contributed by atoms with Gasteiger partial charge in [-0.1, -0.05) is 0 Å². The molecule has 112 valence electrons. The fourth-order valence-corrected chi connectivity index (χ4v) is 2.42. The van der Waals surface area contributed by atoms with Gasteiger partial charge in [0.2, 0.25) is 5.91 Å². The number of aryl methyl sites for hydroxylation is 3. The van der Waals surface area contributed by atoms with Crippen molar-refractivity contribution in [3.05, 3.63) is 47.0 Å². The number of carbonyl (C=O) groups is 1. The average Bonchev–Trinajstić information content (AvgIpc) is 2.72. The molecule has 1 aromatic carbocycles. The smallest absolute Gasteiger partial charge is 0.226 e. The Hall–Kier alpha value is -2.17. The number of hydrogen-bond acceptors (Lipinski definition) is 2. The number of rotatable bonds is 4. The van der Waals surface area contributed by atoms with E-state index in [4.69, 9.17) is 0 Å². The fourth-order valence-electron chi connectivity index (χ4n) is 2.42. The summed E-state index contributed by atoms with van der Waals surface area (Å²) in [6.45, 7) is 7.62. The number of nitrogens with zero attached hydrogens (tertiary/aromatic N) is 2.